The van der Waals surface area contributed by atoms with Crippen molar-refractivity contribution in [3.63, 3.8) is 0 Å². The van der Waals surface area contributed by atoms with Gasteiger partial charge in [0, 0.05) is 23.9 Å². The van der Waals surface area contributed by atoms with Gasteiger partial charge < -0.3 is 15.5 Å². The lowest BCUT2D eigenvalue weighted by molar-refractivity contribution is -0.385. The van der Waals surface area contributed by atoms with Gasteiger partial charge in [-0.1, -0.05) is 0 Å². The molecule has 0 bridgehead atoms. The van der Waals surface area contributed by atoms with Crippen LogP contribution in [0.5, 0.6) is 0 Å². The summed E-state index contributed by atoms with van der Waals surface area (Å²) in [7, 11) is 0. The number of hydrogen-bond acceptors (Lipinski definition) is 5. The Hall–Kier alpha value is -2.15. The summed E-state index contributed by atoms with van der Waals surface area (Å²) in [6, 6.07) is 2.44. The average Bonchev–Trinajstić information content (AvgIpc) is 2.35. The van der Waals surface area contributed by atoms with E-state index < -0.39 is 17.0 Å². The third-order valence-electron chi connectivity index (χ3n) is 2.94. The van der Waals surface area contributed by atoms with Crippen molar-refractivity contribution in [1.29, 1.82) is 0 Å². The number of anilines is 1. The van der Waals surface area contributed by atoms with Crippen LogP contribution in [0.15, 0.2) is 12.1 Å². The first kappa shape index (κ1) is 15.9. The van der Waals surface area contributed by atoms with Gasteiger partial charge in [0.25, 0.3) is 5.69 Å². The van der Waals surface area contributed by atoms with Crippen molar-refractivity contribution in [2.75, 3.05) is 11.9 Å². The van der Waals surface area contributed by atoms with Crippen LogP contribution in [0.3, 0.4) is 0 Å². The molecule has 0 aliphatic carbocycles. The number of aliphatic hydroxyl groups excluding tert-OH is 1. The Morgan fingerprint density at radius 2 is 2.15 bits per heavy atom. The highest BCUT2D eigenvalue weighted by Gasteiger charge is 2.18. The summed E-state index contributed by atoms with van der Waals surface area (Å²) in [5.74, 6) is -1.21. The first-order valence-corrected chi connectivity index (χ1v) is 6.27. The fraction of sp³-hybridized carbons (Fsp3) is 0.462. The van der Waals surface area contributed by atoms with Crippen LogP contribution in [0.25, 0.3) is 0 Å². The van der Waals surface area contributed by atoms with E-state index in [0.29, 0.717) is 30.6 Å². The zero-order valence-corrected chi connectivity index (χ0v) is 11.4. The average molecular weight is 282 g/mol. The van der Waals surface area contributed by atoms with E-state index in [0.717, 1.165) is 6.07 Å². The first-order chi connectivity index (χ1) is 9.32. The Kier molecular flexibility index (Phi) is 5.45. The maximum Gasteiger partial charge on any atom is 0.336 e. The maximum atomic E-state index is 11.0. The highest BCUT2D eigenvalue weighted by Crippen LogP contribution is 2.27. The van der Waals surface area contributed by atoms with E-state index in [1.807, 2.05) is 0 Å². The van der Waals surface area contributed by atoms with Gasteiger partial charge in [-0.2, -0.15) is 0 Å². The number of aromatic carboxylic acids is 1. The lowest BCUT2D eigenvalue weighted by atomic mass is 10.1. The Labute approximate surface area is 116 Å². The van der Waals surface area contributed by atoms with Crippen molar-refractivity contribution >= 4 is 17.3 Å². The van der Waals surface area contributed by atoms with Crippen molar-refractivity contribution in [2.45, 2.75) is 32.8 Å². The predicted molar refractivity (Wildman–Crippen MR) is 74.2 cm³/mol. The quantitative estimate of drug-likeness (QED) is 0.401. The summed E-state index contributed by atoms with van der Waals surface area (Å²) in [6.45, 7) is 3.76. The van der Waals surface area contributed by atoms with Gasteiger partial charge >= 0.3 is 5.97 Å². The molecule has 0 saturated heterocycles. The van der Waals surface area contributed by atoms with E-state index in [2.05, 4.69) is 5.32 Å². The summed E-state index contributed by atoms with van der Waals surface area (Å²) in [5.41, 5.74) is 0.488. The molecular weight excluding hydrogens is 264 g/mol. The topological polar surface area (TPSA) is 113 Å². The molecule has 110 valence electrons. The summed E-state index contributed by atoms with van der Waals surface area (Å²) in [4.78, 5) is 21.3. The van der Waals surface area contributed by atoms with Gasteiger partial charge in [-0.25, -0.2) is 4.79 Å². The number of benzene rings is 1. The largest absolute Gasteiger partial charge is 0.478 e. The molecule has 0 aromatic heterocycles. The fourth-order valence-corrected chi connectivity index (χ4v) is 1.82. The van der Waals surface area contributed by atoms with Gasteiger partial charge in [0.05, 0.1) is 16.6 Å². The Morgan fingerprint density at radius 1 is 1.50 bits per heavy atom. The second kappa shape index (κ2) is 6.85. The number of nitro benzene ring substituents is 1. The molecule has 3 N–H and O–H groups in total. The molecule has 1 atom stereocenters. The Balaban J connectivity index is 2.93. The van der Waals surface area contributed by atoms with Crippen molar-refractivity contribution in [1.82, 2.24) is 0 Å². The molecule has 0 fully saturated rings. The van der Waals surface area contributed by atoms with Gasteiger partial charge in [0.2, 0.25) is 0 Å². The van der Waals surface area contributed by atoms with Crippen LogP contribution >= 0.6 is 0 Å². The predicted octanol–water partition coefficient (Wildman–Crippen LogP) is 2.17. The SMILES string of the molecule is Cc1c(NCCCC(C)O)cc(C(=O)O)cc1[N+](=O)[O-]. The summed E-state index contributed by atoms with van der Waals surface area (Å²) in [6.07, 6.45) is 0.882. The minimum atomic E-state index is -1.21. The third kappa shape index (κ3) is 4.20. The van der Waals surface area contributed by atoms with Crippen molar-refractivity contribution in [3.05, 3.63) is 33.4 Å². The summed E-state index contributed by atoms with van der Waals surface area (Å²) >= 11 is 0. The lowest BCUT2D eigenvalue weighted by Gasteiger charge is -2.11. The molecule has 0 amide bonds. The van der Waals surface area contributed by atoms with Gasteiger partial charge in [0.1, 0.15) is 0 Å². The zero-order chi connectivity index (χ0) is 15.3. The first-order valence-electron chi connectivity index (χ1n) is 6.27. The molecule has 0 aliphatic heterocycles. The van der Waals surface area contributed by atoms with E-state index >= 15 is 0 Å². The summed E-state index contributed by atoms with van der Waals surface area (Å²) < 4.78 is 0. The second-order valence-corrected chi connectivity index (χ2v) is 4.65. The molecule has 1 aromatic carbocycles. The smallest absolute Gasteiger partial charge is 0.336 e. The van der Waals surface area contributed by atoms with Crippen LogP contribution in [0.4, 0.5) is 11.4 Å². The van der Waals surface area contributed by atoms with Crippen LogP contribution in [0.2, 0.25) is 0 Å². The Morgan fingerprint density at radius 3 is 2.65 bits per heavy atom. The summed E-state index contributed by atoms with van der Waals surface area (Å²) in [5, 5.41) is 32.0. The molecule has 20 heavy (non-hydrogen) atoms. The number of carboxylic acid groups (broad SMARTS) is 1. The molecule has 1 rings (SSSR count). The van der Waals surface area contributed by atoms with E-state index in [-0.39, 0.29) is 11.3 Å². The molecule has 0 spiro atoms. The van der Waals surface area contributed by atoms with Crippen LogP contribution in [0, 0.1) is 17.0 Å². The fourth-order valence-electron chi connectivity index (χ4n) is 1.82. The minimum Gasteiger partial charge on any atom is -0.478 e. The van der Waals surface area contributed by atoms with E-state index in [1.165, 1.54) is 6.07 Å². The number of aliphatic hydroxyl groups is 1. The molecule has 1 aromatic rings. The monoisotopic (exact) mass is 282 g/mol. The molecule has 7 nitrogen and oxygen atoms in total. The second-order valence-electron chi connectivity index (χ2n) is 4.65. The number of rotatable bonds is 7. The van der Waals surface area contributed by atoms with Crippen molar-refractivity contribution in [2.24, 2.45) is 0 Å². The number of hydrogen-bond donors (Lipinski definition) is 3. The van der Waals surface area contributed by atoms with Crippen LogP contribution in [-0.4, -0.2) is 33.8 Å². The molecule has 0 saturated carbocycles. The van der Waals surface area contributed by atoms with E-state index in [1.54, 1.807) is 13.8 Å². The van der Waals surface area contributed by atoms with Crippen molar-refractivity contribution < 1.29 is 19.9 Å². The molecule has 1 unspecified atom stereocenters. The van der Waals surface area contributed by atoms with Crippen LogP contribution in [0.1, 0.15) is 35.7 Å². The minimum absolute atomic E-state index is 0.125. The van der Waals surface area contributed by atoms with E-state index in [9.17, 15) is 14.9 Å². The van der Waals surface area contributed by atoms with Gasteiger partial charge in [0.15, 0.2) is 0 Å². The normalized spacial score (nSPS) is 11.9. The highest BCUT2D eigenvalue weighted by molar-refractivity contribution is 5.90. The molecular formula is C13H18N2O5. The van der Waals surface area contributed by atoms with Gasteiger partial charge in [-0.05, 0) is 32.8 Å². The van der Waals surface area contributed by atoms with E-state index in [4.69, 9.17) is 10.2 Å². The standard InChI is InChI=1S/C13H18N2O5/c1-8(16)4-3-5-14-11-6-10(13(17)18)7-12(9(11)2)15(19)20/h6-8,14,16H,3-5H2,1-2H3,(H,17,18). The molecule has 0 heterocycles. The maximum absolute atomic E-state index is 11.0. The molecule has 7 heteroatoms. The molecule has 0 aliphatic rings. The number of carbonyl (C=O) groups is 1. The molecule has 0 radical (unpaired) electrons. The zero-order valence-electron chi connectivity index (χ0n) is 11.4. The number of carboxylic acids is 1. The van der Waals surface area contributed by atoms with Gasteiger partial charge in [-0.15, -0.1) is 0 Å². The van der Waals surface area contributed by atoms with Crippen LogP contribution in [-0.2, 0) is 0 Å². The van der Waals surface area contributed by atoms with Gasteiger partial charge in [-0.3, -0.25) is 10.1 Å². The highest BCUT2D eigenvalue weighted by atomic mass is 16.6. The number of nitro groups is 1. The lowest BCUT2D eigenvalue weighted by Crippen LogP contribution is -2.09. The Bertz CT molecular complexity index is 514. The number of nitrogens with zero attached hydrogens (tertiary/aromatic N) is 1. The third-order valence-corrected chi connectivity index (χ3v) is 2.94. The van der Waals surface area contributed by atoms with Crippen molar-refractivity contribution in [3.8, 4) is 0 Å². The van der Waals surface area contributed by atoms with Crippen LogP contribution < -0.4 is 5.32 Å². The number of nitrogens with one attached hydrogen (secondary N) is 1.